The van der Waals surface area contributed by atoms with Crippen LogP contribution in [0, 0.1) is 5.92 Å². The van der Waals surface area contributed by atoms with E-state index >= 15 is 0 Å². The van der Waals surface area contributed by atoms with Crippen LogP contribution in [0.1, 0.15) is 19.8 Å². The number of hydrogen-bond donors (Lipinski definition) is 2. The molecule has 3 N–H and O–H groups in total. The summed E-state index contributed by atoms with van der Waals surface area (Å²) >= 11 is 6.02. The number of primary sulfonamides is 1. The van der Waals surface area contributed by atoms with Crippen molar-refractivity contribution >= 4 is 33.3 Å². The average molecular weight is 376 g/mol. The smallest absolute Gasteiger partial charge is 0.321 e. The van der Waals surface area contributed by atoms with Crippen molar-refractivity contribution in [3.63, 3.8) is 0 Å². The number of sulfonamides is 1. The van der Waals surface area contributed by atoms with E-state index in [1.54, 1.807) is 4.90 Å². The lowest BCUT2D eigenvalue weighted by Gasteiger charge is -2.18. The molecule has 0 radical (unpaired) electrons. The van der Waals surface area contributed by atoms with Crippen molar-refractivity contribution in [3.8, 4) is 0 Å². The van der Waals surface area contributed by atoms with E-state index in [-0.39, 0.29) is 21.6 Å². The minimum absolute atomic E-state index is 0.102. The molecule has 0 saturated carbocycles. The van der Waals surface area contributed by atoms with Crippen LogP contribution in [0.4, 0.5) is 10.5 Å². The summed E-state index contributed by atoms with van der Waals surface area (Å²) in [7, 11) is -3.86. The van der Waals surface area contributed by atoms with Gasteiger partial charge in [-0.1, -0.05) is 18.5 Å². The predicted octanol–water partition coefficient (Wildman–Crippen LogP) is 2.27. The van der Waals surface area contributed by atoms with Crippen LogP contribution in [-0.4, -0.2) is 45.7 Å². The minimum Gasteiger partial charge on any atom is -0.381 e. The molecular weight excluding hydrogens is 354 g/mol. The number of nitrogens with one attached hydrogen (secondary N) is 1. The molecule has 0 spiro atoms. The van der Waals surface area contributed by atoms with Crippen LogP contribution >= 0.6 is 11.6 Å². The largest absolute Gasteiger partial charge is 0.381 e. The van der Waals surface area contributed by atoms with Crippen LogP contribution in [0.15, 0.2) is 23.1 Å². The van der Waals surface area contributed by atoms with Gasteiger partial charge in [0, 0.05) is 25.6 Å². The highest BCUT2D eigenvalue weighted by Crippen LogP contribution is 2.26. The molecule has 1 fully saturated rings. The highest BCUT2D eigenvalue weighted by molar-refractivity contribution is 7.89. The molecule has 7 nitrogen and oxygen atoms in total. The lowest BCUT2D eigenvalue weighted by atomic mass is 10.1. The summed E-state index contributed by atoms with van der Waals surface area (Å²) in [5, 5.41) is 7.99. The fourth-order valence-electron chi connectivity index (χ4n) is 2.52. The van der Waals surface area contributed by atoms with E-state index in [1.807, 2.05) is 6.92 Å². The number of halogens is 1. The normalized spacial score (nSPS) is 18.0. The van der Waals surface area contributed by atoms with E-state index < -0.39 is 10.0 Å². The van der Waals surface area contributed by atoms with Gasteiger partial charge in [0.1, 0.15) is 0 Å². The van der Waals surface area contributed by atoms with Crippen LogP contribution < -0.4 is 10.5 Å². The first-order valence-electron chi connectivity index (χ1n) is 7.77. The van der Waals surface area contributed by atoms with Gasteiger partial charge in [-0.2, -0.15) is 0 Å². The Morgan fingerprint density at radius 1 is 1.50 bits per heavy atom. The number of rotatable bonds is 6. The van der Waals surface area contributed by atoms with Crippen molar-refractivity contribution in [2.75, 3.05) is 31.6 Å². The maximum absolute atomic E-state index is 12.3. The Morgan fingerprint density at radius 2 is 2.25 bits per heavy atom. The number of nitrogens with zero attached hydrogens (tertiary/aromatic N) is 1. The quantitative estimate of drug-likeness (QED) is 0.744. The minimum atomic E-state index is -3.86. The predicted molar refractivity (Wildman–Crippen MR) is 92.6 cm³/mol. The van der Waals surface area contributed by atoms with Crippen molar-refractivity contribution in [1.82, 2.24) is 4.90 Å². The SMILES string of the molecule is CCCOC[C@H]1CCN(C(=O)Nc2cc(S(N)(=O)=O)ccc2Cl)C1. The van der Waals surface area contributed by atoms with Gasteiger partial charge in [0.05, 0.1) is 22.2 Å². The molecule has 0 unspecified atom stereocenters. The maximum Gasteiger partial charge on any atom is 0.321 e. The highest BCUT2D eigenvalue weighted by Gasteiger charge is 2.26. The zero-order chi connectivity index (χ0) is 17.7. The summed E-state index contributed by atoms with van der Waals surface area (Å²) in [5.74, 6) is 0.313. The van der Waals surface area contributed by atoms with Gasteiger partial charge >= 0.3 is 6.03 Å². The molecular formula is C15H22ClN3O4S. The fourth-order valence-corrected chi connectivity index (χ4v) is 3.22. The van der Waals surface area contributed by atoms with E-state index in [0.29, 0.717) is 25.6 Å². The molecule has 1 saturated heterocycles. The van der Waals surface area contributed by atoms with Crippen molar-refractivity contribution in [3.05, 3.63) is 23.2 Å². The van der Waals surface area contributed by atoms with Crippen LogP contribution in [0.3, 0.4) is 0 Å². The molecule has 1 heterocycles. The molecule has 0 bridgehead atoms. The van der Waals surface area contributed by atoms with Gasteiger partial charge in [-0.05, 0) is 31.0 Å². The Hall–Kier alpha value is -1.35. The molecule has 24 heavy (non-hydrogen) atoms. The Kier molecular flexibility index (Phi) is 6.45. The summed E-state index contributed by atoms with van der Waals surface area (Å²) in [4.78, 5) is 13.9. The molecule has 0 aliphatic carbocycles. The van der Waals surface area contributed by atoms with Gasteiger partial charge < -0.3 is 15.0 Å². The Morgan fingerprint density at radius 3 is 2.92 bits per heavy atom. The second-order valence-electron chi connectivity index (χ2n) is 5.79. The molecule has 0 aromatic heterocycles. The number of urea groups is 1. The molecule has 2 amide bonds. The average Bonchev–Trinajstić information content (AvgIpc) is 2.97. The van der Waals surface area contributed by atoms with E-state index in [4.69, 9.17) is 21.5 Å². The van der Waals surface area contributed by atoms with E-state index in [2.05, 4.69) is 5.32 Å². The highest BCUT2D eigenvalue weighted by atomic mass is 35.5. The molecule has 1 aromatic carbocycles. The fraction of sp³-hybridized carbons (Fsp3) is 0.533. The summed E-state index contributed by atoms with van der Waals surface area (Å²) in [5.41, 5.74) is 0.221. The summed E-state index contributed by atoms with van der Waals surface area (Å²) < 4.78 is 28.3. The van der Waals surface area contributed by atoms with Gasteiger partial charge in [-0.25, -0.2) is 18.4 Å². The molecule has 1 atom stereocenters. The third-order valence-electron chi connectivity index (χ3n) is 3.78. The van der Waals surface area contributed by atoms with Crippen molar-refractivity contribution in [2.24, 2.45) is 11.1 Å². The zero-order valence-electron chi connectivity index (χ0n) is 13.5. The maximum atomic E-state index is 12.3. The van der Waals surface area contributed by atoms with Crippen LogP contribution in [0.25, 0.3) is 0 Å². The van der Waals surface area contributed by atoms with Crippen LogP contribution in [0.5, 0.6) is 0 Å². The van der Waals surface area contributed by atoms with Gasteiger partial charge in [0.25, 0.3) is 0 Å². The number of carbonyl (C=O) groups is 1. The monoisotopic (exact) mass is 375 g/mol. The second-order valence-corrected chi connectivity index (χ2v) is 7.76. The van der Waals surface area contributed by atoms with Crippen molar-refractivity contribution in [2.45, 2.75) is 24.7 Å². The lowest BCUT2D eigenvalue weighted by Crippen LogP contribution is -2.33. The number of ether oxygens (including phenoxy) is 1. The number of hydrogen-bond acceptors (Lipinski definition) is 4. The topological polar surface area (TPSA) is 102 Å². The Labute approximate surface area is 147 Å². The van der Waals surface area contributed by atoms with Gasteiger partial charge in [0.2, 0.25) is 10.0 Å². The molecule has 134 valence electrons. The van der Waals surface area contributed by atoms with Crippen LogP contribution in [0.2, 0.25) is 5.02 Å². The third-order valence-corrected chi connectivity index (χ3v) is 5.02. The molecule has 1 aliphatic rings. The Bertz CT molecular complexity index is 696. The summed E-state index contributed by atoms with van der Waals surface area (Å²) in [6.45, 7) is 4.63. The summed E-state index contributed by atoms with van der Waals surface area (Å²) in [6, 6.07) is 3.63. The molecule has 9 heteroatoms. The number of carbonyl (C=O) groups excluding carboxylic acids is 1. The number of nitrogens with two attached hydrogens (primary N) is 1. The number of likely N-dealkylation sites (tertiary alicyclic amines) is 1. The van der Waals surface area contributed by atoms with Gasteiger partial charge in [0.15, 0.2) is 0 Å². The number of anilines is 1. The third kappa shape index (κ3) is 5.07. The van der Waals surface area contributed by atoms with Gasteiger partial charge in [-0.15, -0.1) is 0 Å². The molecule has 2 rings (SSSR count). The number of amides is 2. The standard InChI is InChI=1S/C15H22ClN3O4S/c1-2-7-23-10-11-5-6-19(9-11)15(20)18-14-8-12(24(17,21)22)3-4-13(14)16/h3-4,8,11H,2,5-7,9-10H2,1H3,(H,18,20)(H2,17,21,22)/t11-/m0/s1. The second kappa shape index (κ2) is 8.15. The first kappa shape index (κ1) is 19.0. The van der Waals surface area contributed by atoms with Crippen molar-refractivity contribution < 1.29 is 17.9 Å². The first-order chi connectivity index (χ1) is 11.3. The number of benzene rings is 1. The van der Waals surface area contributed by atoms with Gasteiger partial charge in [-0.3, -0.25) is 0 Å². The van der Waals surface area contributed by atoms with E-state index in [1.165, 1.54) is 18.2 Å². The summed E-state index contributed by atoms with van der Waals surface area (Å²) in [6.07, 6.45) is 1.85. The first-order valence-corrected chi connectivity index (χ1v) is 9.69. The lowest BCUT2D eigenvalue weighted by molar-refractivity contribution is 0.103. The molecule has 1 aliphatic heterocycles. The van der Waals surface area contributed by atoms with Crippen molar-refractivity contribution in [1.29, 1.82) is 0 Å². The Balaban J connectivity index is 1.98. The zero-order valence-corrected chi connectivity index (χ0v) is 15.1. The molecule has 1 aromatic rings. The van der Waals surface area contributed by atoms with E-state index in [9.17, 15) is 13.2 Å². The van der Waals surface area contributed by atoms with Crippen LogP contribution in [-0.2, 0) is 14.8 Å². The van der Waals surface area contributed by atoms with E-state index in [0.717, 1.165) is 19.4 Å².